The zero-order valence-corrected chi connectivity index (χ0v) is 13.5. The van der Waals surface area contributed by atoms with Gasteiger partial charge < -0.3 is 4.90 Å². The van der Waals surface area contributed by atoms with E-state index in [2.05, 4.69) is 15.6 Å². The number of rotatable bonds is 5. The molecule has 1 aromatic heterocycles. The topological polar surface area (TPSA) is 97.2 Å². The first-order chi connectivity index (χ1) is 12.1. The van der Waals surface area contributed by atoms with Crippen LogP contribution in [-0.4, -0.2) is 49.7 Å². The first-order valence-electron chi connectivity index (χ1n) is 8.22. The minimum absolute atomic E-state index is 0.00565. The van der Waals surface area contributed by atoms with E-state index in [0.717, 1.165) is 18.4 Å². The number of hydrogen-bond donors (Lipinski definition) is 1. The zero-order valence-electron chi connectivity index (χ0n) is 13.5. The van der Waals surface area contributed by atoms with Crippen molar-refractivity contribution in [3.8, 4) is 11.3 Å². The summed E-state index contributed by atoms with van der Waals surface area (Å²) in [6, 6.07) is 8.89. The average Bonchev–Trinajstić information content (AvgIpc) is 3.22. The number of carbonyl (C=O) groups excluding carboxylic acids is 3. The Morgan fingerprint density at radius 2 is 2.00 bits per heavy atom. The van der Waals surface area contributed by atoms with Crippen molar-refractivity contribution in [2.24, 2.45) is 0 Å². The van der Waals surface area contributed by atoms with Gasteiger partial charge in [0.15, 0.2) is 0 Å². The molecule has 0 radical (unpaired) electrons. The van der Waals surface area contributed by atoms with E-state index >= 15 is 0 Å². The summed E-state index contributed by atoms with van der Waals surface area (Å²) in [4.78, 5) is 37.7. The van der Waals surface area contributed by atoms with Crippen LogP contribution in [0.15, 0.2) is 36.5 Å². The Hall–Kier alpha value is -3.03. The van der Waals surface area contributed by atoms with Crippen LogP contribution in [0.2, 0.25) is 0 Å². The van der Waals surface area contributed by atoms with Crippen LogP contribution in [0.5, 0.6) is 0 Å². The van der Waals surface area contributed by atoms with E-state index in [9.17, 15) is 14.4 Å². The minimum atomic E-state index is -0.704. The molecule has 2 heterocycles. The van der Waals surface area contributed by atoms with E-state index in [4.69, 9.17) is 0 Å². The Morgan fingerprint density at radius 1 is 1.24 bits per heavy atom. The third kappa shape index (κ3) is 3.15. The second-order valence-electron chi connectivity index (χ2n) is 6.33. The lowest BCUT2D eigenvalue weighted by atomic mass is 10.2. The van der Waals surface area contributed by atoms with Gasteiger partial charge in [-0.25, -0.2) is 4.68 Å². The SMILES string of the molecule is O=C1C[C@H](N(C(=O)Cn2cc(-c3ccccc3)nn2)C2CC2)C(=O)N1. The molecule has 1 saturated heterocycles. The Balaban J connectivity index is 1.50. The maximum absolute atomic E-state index is 12.7. The maximum Gasteiger partial charge on any atom is 0.249 e. The van der Waals surface area contributed by atoms with E-state index < -0.39 is 11.9 Å². The highest BCUT2D eigenvalue weighted by Gasteiger charge is 2.44. The van der Waals surface area contributed by atoms with Crippen molar-refractivity contribution in [3.63, 3.8) is 0 Å². The third-order valence-corrected chi connectivity index (χ3v) is 4.41. The predicted octanol–water partition coefficient (Wildman–Crippen LogP) is 0.351. The van der Waals surface area contributed by atoms with E-state index in [0.29, 0.717) is 5.69 Å². The summed E-state index contributed by atoms with van der Waals surface area (Å²) in [7, 11) is 0. The minimum Gasteiger partial charge on any atom is -0.326 e. The molecule has 1 aromatic carbocycles. The standard InChI is InChI=1S/C17H17N5O3/c23-15-8-14(17(25)18-15)22(12-6-7-12)16(24)10-21-9-13(19-20-21)11-4-2-1-3-5-11/h1-5,9,12,14H,6-8,10H2,(H,18,23,25)/t14-/m0/s1. The molecule has 3 amide bonds. The highest BCUT2D eigenvalue weighted by Crippen LogP contribution is 2.31. The molecule has 1 atom stereocenters. The highest BCUT2D eigenvalue weighted by atomic mass is 16.2. The molecule has 1 saturated carbocycles. The van der Waals surface area contributed by atoms with Crippen LogP contribution in [0.4, 0.5) is 0 Å². The Labute approximate surface area is 143 Å². The lowest BCUT2D eigenvalue weighted by molar-refractivity contribution is -0.140. The summed E-state index contributed by atoms with van der Waals surface area (Å²) in [5.41, 5.74) is 1.60. The largest absolute Gasteiger partial charge is 0.326 e. The monoisotopic (exact) mass is 339 g/mol. The van der Waals surface area contributed by atoms with Gasteiger partial charge in [0.2, 0.25) is 17.7 Å². The first kappa shape index (κ1) is 15.5. The quantitative estimate of drug-likeness (QED) is 0.793. The fourth-order valence-corrected chi connectivity index (χ4v) is 3.09. The van der Waals surface area contributed by atoms with Crippen LogP contribution in [0, 0.1) is 0 Å². The molecule has 2 aromatic rings. The molecule has 8 nitrogen and oxygen atoms in total. The number of carbonyl (C=O) groups is 3. The fourth-order valence-electron chi connectivity index (χ4n) is 3.09. The van der Waals surface area contributed by atoms with Crippen molar-refractivity contribution in [3.05, 3.63) is 36.5 Å². The number of amides is 3. The molecule has 2 aliphatic rings. The second-order valence-corrected chi connectivity index (χ2v) is 6.33. The molecule has 25 heavy (non-hydrogen) atoms. The molecule has 0 spiro atoms. The van der Waals surface area contributed by atoms with Gasteiger partial charge in [0, 0.05) is 11.6 Å². The first-order valence-corrected chi connectivity index (χ1v) is 8.22. The fraction of sp³-hybridized carbons (Fsp3) is 0.353. The van der Waals surface area contributed by atoms with Gasteiger partial charge in [0.25, 0.3) is 0 Å². The summed E-state index contributed by atoms with van der Waals surface area (Å²) >= 11 is 0. The number of hydrogen-bond acceptors (Lipinski definition) is 5. The second kappa shape index (κ2) is 6.12. The summed E-state index contributed by atoms with van der Waals surface area (Å²) in [5, 5.41) is 10.4. The Morgan fingerprint density at radius 3 is 2.64 bits per heavy atom. The van der Waals surface area contributed by atoms with Crippen molar-refractivity contribution in [2.75, 3.05) is 0 Å². The molecule has 1 N–H and O–H groups in total. The normalized spacial score (nSPS) is 19.8. The van der Waals surface area contributed by atoms with Gasteiger partial charge in [-0.05, 0) is 12.8 Å². The van der Waals surface area contributed by atoms with Gasteiger partial charge in [-0.2, -0.15) is 0 Å². The smallest absolute Gasteiger partial charge is 0.249 e. The zero-order chi connectivity index (χ0) is 17.4. The van der Waals surface area contributed by atoms with Crippen molar-refractivity contribution >= 4 is 17.7 Å². The van der Waals surface area contributed by atoms with Crippen molar-refractivity contribution in [1.82, 2.24) is 25.2 Å². The molecule has 2 fully saturated rings. The van der Waals surface area contributed by atoms with Crippen LogP contribution in [0.25, 0.3) is 11.3 Å². The van der Waals surface area contributed by atoms with Gasteiger partial charge in [-0.1, -0.05) is 35.5 Å². The van der Waals surface area contributed by atoms with Crippen LogP contribution in [-0.2, 0) is 20.9 Å². The van der Waals surface area contributed by atoms with Gasteiger partial charge in [-0.15, -0.1) is 5.10 Å². The van der Waals surface area contributed by atoms with Gasteiger partial charge in [-0.3, -0.25) is 19.7 Å². The van der Waals surface area contributed by atoms with Crippen LogP contribution in [0.3, 0.4) is 0 Å². The molecule has 4 rings (SSSR count). The van der Waals surface area contributed by atoms with Gasteiger partial charge >= 0.3 is 0 Å². The Kier molecular flexibility index (Phi) is 3.79. The van der Waals surface area contributed by atoms with Crippen LogP contribution >= 0.6 is 0 Å². The molecule has 128 valence electrons. The highest BCUT2D eigenvalue weighted by molar-refractivity contribution is 6.06. The predicted molar refractivity (Wildman–Crippen MR) is 86.9 cm³/mol. The number of imide groups is 1. The third-order valence-electron chi connectivity index (χ3n) is 4.41. The Bertz CT molecular complexity index is 828. The molecule has 0 unspecified atom stereocenters. The lowest BCUT2D eigenvalue weighted by Gasteiger charge is -2.26. The van der Waals surface area contributed by atoms with Crippen LogP contribution in [0.1, 0.15) is 19.3 Å². The van der Waals surface area contributed by atoms with Crippen LogP contribution < -0.4 is 5.32 Å². The lowest BCUT2D eigenvalue weighted by Crippen LogP contribution is -2.47. The van der Waals surface area contributed by atoms with E-state index in [1.54, 1.807) is 11.1 Å². The molecule has 8 heteroatoms. The molecular weight excluding hydrogens is 322 g/mol. The van der Waals surface area contributed by atoms with Crippen molar-refractivity contribution in [2.45, 2.75) is 37.9 Å². The summed E-state index contributed by atoms with van der Waals surface area (Å²) in [5.74, 6) is -0.948. The number of nitrogens with zero attached hydrogens (tertiary/aromatic N) is 4. The van der Waals surface area contributed by atoms with E-state index in [1.165, 1.54) is 4.68 Å². The van der Waals surface area contributed by atoms with E-state index in [-0.39, 0.29) is 30.8 Å². The molecule has 1 aliphatic carbocycles. The summed E-state index contributed by atoms with van der Waals surface area (Å²) < 4.78 is 1.47. The summed E-state index contributed by atoms with van der Waals surface area (Å²) in [6.07, 6.45) is 3.46. The number of nitrogens with one attached hydrogen (secondary N) is 1. The van der Waals surface area contributed by atoms with Crippen molar-refractivity contribution < 1.29 is 14.4 Å². The molecule has 1 aliphatic heterocycles. The van der Waals surface area contributed by atoms with Gasteiger partial charge in [0.1, 0.15) is 18.3 Å². The summed E-state index contributed by atoms with van der Waals surface area (Å²) in [6.45, 7) is -0.00565. The molecule has 0 bridgehead atoms. The van der Waals surface area contributed by atoms with Crippen molar-refractivity contribution in [1.29, 1.82) is 0 Å². The number of benzene rings is 1. The van der Waals surface area contributed by atoms with Gasteiger partial charge in [0.05, 0.1) is 12.6 Å². The maximum atomic E-state index is 12.7. The number of aromatic nitrogens is 3. The average molecular weight is 339 g/mol. The molecular formula is C17H17N5O3. The van der Waals surface area contributed by atoms with E-state index in [1.807, 2.05) is 30.3 Å².